The van der Waals surface area contributed by atoms with Gasteiger partial charge in [0.2, 0.25) is 5.76 Å². The second-order valence-corrected chi connectivity index (χ2v) is 3.50. The van der Waals surface area contributed by atoms with Crippen LogP contribution in [0.3, 0.4) is 0 Å². The average Bonchev–Trinajstić information content (AvgIpc) is 2.95. The Kier molecular flexibility index (Phi) is 1.94. The molecule has 2 N–H and O–H groups in total. The third kappa shape index (κ3) is 1.46. The number of nitrogens with zero attached hydrogens (tertiary/aromatic N) is 2. The Balaban J connectivity index is 2.17. The summed E-state index contributed by atoms with van der Waals surface area (Å²) in [6.07, 6.45) is 0. The molecule has 0 saturated heterocycles. The summed E-state index contributed by atoms with van der Waals surface area (Å²) in [4.78, 5) is 10.7. The molecule has 0 amide bonds. The summed E-state index contributed by atoms with van der Waals surface area (Å²) in [5.74, 6) is -1.35. The maximum atomic E-state index is 10.7. The maximum Gasteiger partial charge on any atom is 0.374 e. The molecule has 1 aromatic carbocycles. The van der Waals surface area contributed by atoms with E-state index in [2.05, 4.69) is 15.4 Å². The second-order valence-electron chi connectivity index (χ2n) is 3.50. The lowest BCUT2D eigenvalue weighted by Gasteiger charge is -1.89. The van der Waals surface area contributed by atoms with E-state index < -0.39 is 5.97 Å². The van der Waals surface area contributed by atoms with Crippen molar-refractivity contribution in [3.63, 3.8) is 0 Å². The van der Waals surface area contributed by atoms with E-state index in [-0.39, 0.29) is 5.76 Å². The number of para-hydroxylation sites is 1. The Hall–Kier alpha value is -2.63. The Morgan fingerprint density at radius 1 is 1.35 bits per heavy atom. The molecule has 0 unspecified atom stereocenters. The van der Waals surface area contributed by atoms with Gasteiger partial charge in [-0.1, -0.05) is 23.4 Å². The number of aromatic nitrogens is 3. The quantitative estimate of drug-likeness (QED) is 0.700. The fraction of sp³-hybridized carbons (Fsp3) is 0. The Morgan fingerprint density at radius 3 is 2.94 bits per heavy atom. The van der Waals surface area contributed by atoms with Gasteiger partial charge >= 0.3 is 5.97 Å². The summed E-state index contributed by atoms with van der Waals surface area (Å²) >= 11 is 0. The first kappa shape index (κ1) is 9.59. The smallest absolute Gasteiger partial charge is 0.374 e. The van der Waals surface area contributed by atoms with Crippen LogP contribution in [0.5, 0.6) is 0 Å². The average molecular weight is 229 g/mol. The van der Waals surface area contributed by atoms with Crippen molar-refractivity contribution in [1.29, 1.82) is 0 Å². The van der Waals surface area contributed by atoms with E-state index in [4.69, 9.17) is 9.63 Å². The first-order valence-electron chi connectivity index (χ1n) is 4.89. The molecule has 0 bridgehead atoms. The van der Waals surface area contributed by atoms with Gasteiger partial charge < -0.3 is 9.63 Å². The van der Waals surface area contributed by atoms with Gasteiger partial charge in [-0.05, 0) is 6.07 Å². The number of nitrogens with one attached hydrogen (secondary N) is 1. The Morgan fingerprint density at radius 2 is 2.18 bits per heavy atom. The number of rotatable bonds is 2. The van der Waals surface area contributed by atoms with Crippen LogP contribution in [0.1, 0.15) is 10.6 Å². The molecule has 2 aromatic heterocycles. The molecule has 3 rings (SSSR count). The Bertz CT molecular complexity index is 699. The molecule has 0 spiro atoms. The van der Waals surface area contributed by atoms with E-state index >= 15 is 0 Å². The van der Waals surface area contributed by atoms with Crippen molar-refractivity contribution < 1.29 is 14.4 Å². The number of hydrogen-bond donors (Lipinski definition) is 2. The zero-order valence-electron chi connectivity index (χ0n) is 8.54. The SMILES string of the molecule is O=C(O)c1cc(-c2n[nH]c3ccccc23)no1. The van der Waals surface area contributed by atoms with Crippen molar-refractivity contribution in [2.45, 2.75) is 0 Å². The minimum atomic E-state index is -1.15. The summed E-state index contributed by atoms with van der Waals surface area (Å²) in [6, 6.07) is 8.87. The summed E-state index contributed by atoms with van der Waals surface area (Å²) < 4.78 is 4.70. The highest BCUT2D eigenvalue weighted by atomic mass is 16.5. The van der Waals surface area contributed by atoms with Gasteiger partial charge in [-0.3, -0.25) is 5.10 Å². The van der Waals surface area contributed by atoms with Crippen molar-refractivity contribution >= 4 is 16.9 Å². The topological polar surface area (TPSA) is 92.0 Å². The van der Waals surface area contributed by atoms with Crippen molar-refractivity contribution in [1.82, 2.24) is 15.4 Å². The molecule has 0 saturated carbocycles. The molecular weight excluding hydrogens is 222 g/mol. The molecule has 0 aliphatic heterocycles. The zero-order chi connectivity index (χ0) is 11.8. The summed E-state index contributed by atoms with van der Waals surface area (Å²) in [7, 11) is 0. The van der Waals surface area contributed by atoms with E-state index in [1.807, 2.05) is 24.3 Å². The van der Waals surface area contributed by atoms with E-state index in [1.54, 1.807) is 0 Å². The fourth-order valence-electron chi connectivity index (χ4n) is 1.65. The molecule has 84 valence electrons. The lowest BCUT2D eigenvalue weighted by molar-refractivity contribution is 0.0652. The monoisotopic (exact) mass is 229 g/mol. The number of benzene rings is 1. The van der Waals surface area contributed by atoms with E-state index in [0.717, 1.165) is 10.9 Å². The molecule has 17 heavy (non-hydrogen) atoms. The largest absolute Gasteiger partial charge is 0.475 e. The van der Waals surface area contributed by atoms with Gasteiger partial charge in [-0.15, -0.1) is 0 Å². The normalized spacial score (nSPS) is 10.8. The first-order chi connectivity index (χ1) is 8.25. The number of aromatic carboxylic acids is 1. The van der Waals surface area contributed by atoms with Crippen LogP contribution >= 0.6 is 0 Å². The van der Waals surface area contributed by atoms with Crippen LogP contribution in [0.15, 0.2) is 34.9 Å². The molecule has 6 nitrogen and oxygen atoms in total. The van der Waals surface area contributed by atoms with Crippen LogP contribution in [0.2, 0.25) is 0 Å². The van der Waals surface area contributed by atoms with E-state index in [1.165, 1.54) is 6.07 Å². The third-order valence-electron chi connectivity index (χ3n) is 2.43. The minimum absolute atomic E-state index is 0.202. The zero-order valence-corrected chi connectivity index (χ0v) is 8.54. The molecule has 0 aliphatic rings. The van der Waals surface area contributed by atoms with Crippen LogP contribution in [-0.2, 0) is 0 Å². The third-order valence-corrected chi connectivity index (χ3v) is 2.43. The van der Waals surface area contributed by atoms with Crippen LogP contribution < -0.4 is 0 Å². The van der Waals surface area contributed by atoms with Gasteiger partial charge in [-0.2, -0.15) is 5.10 Å². The van der Waals surface area contributed by atoms with Crippen LogP contribution in [-0.4, -0.2) is 26.4 Å². The Labute approximate surface area is 94.9 Å². The highest BCUT2D eigenvalue weighted by molar-refractivity contribution is 5.93. The minimum Gasteiger partial charge on any atom is -0.475 e. The van der Waals surface area contributed by atoms with Gasteiger partial charge in [0.1, 0.15) is 11.4 Å². The standard InChI is InChI=1S/C11H7N3O3/c15-11(16)9-5-8(14-17-9)10-6-3-1-2-4-7(6)12-13-10/h1-5H,(H,12,13)(H,15,16). The highest BCUT2D eigenvalue weighted by Gasteiger charge is 2.16. The van der Waals surface area contributed by atoms with Crippen LogP contribution in [0.25, 0.3) is 22.3 Å². The molecule has 6 heteroatoms. The van der Waals surface area contributed by atoms with E-state index in [0.29, 0.717) is 11.4 Å². The van der Waals surface area contributed by atoms with Crippen molar-refractivity contribution in [2.75, 3.05) is 0 Å². The number of hydrogen-bond acceptors (Lipinski definition) is 4. The number of carboxylic acid groups (broad SMARTS) is 1. The summed E-state index contributed by atoms with van der Waals surface area (Å²) in [5, 5.41) is 20.3. The summed E-state index contributed by atoms with van der Waals surface area (Å²) in [5.41, 5.74) is 1.85. The van der Waals surface area contributed by atoms with Crippen molar-refractivity contribution in [3.05, 3.63) is 36.1 Å². The lowest BCUT2D eigenvalue weighted by Crippen LogP contribution is -1.91. The molecule has 0 radical (unpaired) electrons. The van der Waals surface area contributed by atoms with Gasteiger partial charge in [0.15, 0.2) is 0 Å². The molecular formula is C11H7N3O3. The molecule has 0 fully saturated rings. The second kappa shape index (κ2) is 3.44. The van der Waals surface area contributed by atoms with Crippen LogP contribution in [0, 0.1) is 0 Å². The number of aromatic amines is 1. The van der Waals surface area contributed by atoms with Crippen LogP contribution in [0.4, 0.5) is 0 Å². The van der Waals surface area contributed by atoms with E-state index in [9.17, 15) is 4.79 Å². The van der Waals surface area contributed by atoms with Crippen molar-refractivity contribution in [2.24, 2.45) is 0 Å². The van der Waals surface area contributed by atoms with Gasteiger partial charge in [0.05, 0.1) is 5.52 Å². The van der Waals surface area contributed by atoms with Gasteiger partial charge in [-0.25, -0.2) is 4.79 Å². The number of fused-ring (bicyclic) bond motifs is 1. The van der Waals surface area contributed by atoms with Crippen molar-refractivity contribution in [3.8, 4) is 11.4 Å². The first-order valence-corrected chi connectivity index (χ1v) is 4.89. The maximum absolute atomic E-state index is 10.7. The molecule has 0 aliphatic carbocycles. The van der Waals surface area contributed by atoms with Gasteiger partial charge in [0.25, 0.3) is 0 Å². The predicted molar refractivity (Wildman–Crippen MR) is 58.6 cm³/mol. The number of carboxylic acids is 1. The fourth-order valence-corrected chi connectivity index (χ4v) is 1.65. The lowest BCUT2D eigenvalue weighted by atomic mass is 10.1. The van der Waals surface area contributed by atoms with Gasteiger partial charge in [0, 0.05) is 11.5 Å². The highest BCUT2D eigenvalue weighted by Crippen LogP contribution is 2.25. The molecule has 3 aromatic rings. The molecule has 2 heterocycles. The number of H-pyrrole nitrogens is 1. The summed E-state index contributed by atoms with van der Waals surface area (Å²) in [6.45, 7) is 0. The predicted octanol–water partition coefficient (Wildman–Crippen LogP) is 1.92. The molecule has 0 atom stereocenters. The number of carbonyl (C=O) groups is 1.